The molecule has 0 N–H and O–H groups in total. The van der Waals surface area contributed by atoms with Crippen LogP contribution >= 0.6 is 0 Å². The third-order valence-corrected chi connectivity index (χ3v) is 3.19. The van der Waals surface area contributed by atoms with Crippen LogP contribution in [0.5, 0.6) is 0 Å². The van der Waals surface area contributed by atoms with E-state index in [2.05, 4.69) is 0 Å². The van der Waals surface area contributed by atoms with E-state index in [0.717, 1.165) is 0 Å². The van der Waals surface area contributed by atoms with E-state index in [1.165, 1.54) is 0 Å². The van der Waals surface area contributed by atoms with E-state index in [1.807, 2.05) is 20.8 Å². The molecule has 0 aromatic heterocycles. The SMILES string of the molecule is CCC1C(=O)C(CC)(CC)C1=O. The molecule has 0 atom stereocenters. The van der Waals surface area contributed by atoms with E-state index in [4.69, 9.17) is 0 Å². The normalized spacial score (nSPS) is 22.6. The molecule has 0 radical (unpaired) electrons. The van der Waals surface area contributed by atoms with Crippen LogP contribution in [0.1, 0.15) is 40.0 Å². The highest BCUT2D eigenvalue weighted by atomic mass is 16.2. The maximum absolute atomic E-state index is 11.6. The second-order valence-electron chi connectivity index (χ2n) is 3.48. The summed E-state index contributed by atoms with van der Waals surface area (Å²) in [6.07, 6.45) is 2.04. The minimum absolute atomic E-state index is 0.181. The summed E-state index contributed by atoms with van der Waals surface area (Å²) in [5, 5.41) is 0. The van der Waals surface area contributed by atoms with E-state index in [9.17, 15) is 9.59 Å². The molecule has 0 spiro atoms. The van der Waals surface area contributed by atoms with Crippen molar-refractivity contribution in [3.63, 3.8) is 0 Å². The number of hydrogen-bond acceptors (Lipinski definition) is 2. The fraction of sp³-hybridized carbons (Fsp3) is 0.800. The van der Waals surface area contributed by atoms with Crippen LogP contribution in [-0.4, -0.2) is 11.6 Å². The Bertz CT molecular complexity index is 196. The lowest BCUT2D eigenvalue weighted by atomic mass is 9.56. The molecule has 1 fully saturated rings. The van der Waals surface area contributed by atoms with Crippen molar-refractivity contribution in [2.75, 3.05) is 0 Å². The molecule has 1 saturated carbocycles. The fourth-order valence-electron chi connectivity index (χ4n) is 2.15. The molecule has 1 aliphatic carbocycles. The van der Waals surface area contributed by atoms with Gasteiger partial charge in [0.25, 0.3) is 0 Å². The summed E-state index contributed by atoms with van der Waals surface area (Å²) in [7, 11) is 0. The quantitative estimate of drug-likeness (QED) is 0.604. The monoisotopic (exact) mass is 168 g/mol. The number of ketones is 2. The number of hydrogen-bond donors (Lipinski definition) is 0. The van der Waals surface area contributed by atoms with E-state index < -0.39 is 5.41 Å². The lowest BCUT2D eigenvalue weighted by Crippen LogP contribution is -2.57. The van der Waals surface area contributed by atoms with Gasteiger partial charge >= 0.3 is 0 Å². The number of carbonyl (C=O) groups excluding carboxylic acids is 2. The molecule has 2 heteroatoms. The summed E-state index contributed by atoms with van der Waals surface area (Å²) >= 11 is 0. The predicted molar refractivity (Wildman–Crippen MR) is 46.8 cm³/mol. The van der Waals surface area contributed by atoms with Crippen molar-refractivity contribution >= 4 is 11.6 Å². The standard InChI is InChI=1S/C10H16O2/c1-4-7-8(11)10(5-2,6-3)9(7)12/h7H,4-6H2,1-3H3. The van der Waals surface area contributed by atoms with E-state index >= 15 is 0 Å². The van der Waals surface area contributed by atoms with E-state index in [1.54, 1.807) is 0 Å². The van der Waals surface area contributed by atoms with Crippen LogP contribution in [-0.2, 0) is 9.59 Å². The second kappa shape index (κ2) is 3.00. The van der Waals surface area contributed by atoms with Gasteiger partial charge in [-0.2, -0.15) is 0 Å². The third-order valence-electron chi connectivity index (χ3n) is 3.19. The van der Waals surface area contributed by atoms with Crippen LogP contribution in [0, 0.1) is 11.3 Å². The molecule has 1 aliphatic rings. The van der Waals surface area contributed by atoms with Crippen molar-refractivity contribution in [2.24, 2.45) is 11.3 Å². The van der Waals surface area contributed by atoms with Crippen LogP contribution in [0.2, 0.25) is 0 Å². The van der Waals surface area contributed by atoms with Crippen LogP contribution in [0.25, 0.3) is 0 Å². The zero-order valence-electron chi connectivity index (χ0n) is 8.02. The summed E-state index contributed by atoms with van der Waals surface area (Å²) in [5.41, 5.74) is -0.583. The highest BCUT2D eigenvalue weighted by molar-refractivity contribution is 6.27. The maximum atomic E-state index is 11.6. The molecule has 0 aromatic rings. The Morgan fingerprint density at radius 3 is 1.75 bits per heavy atom. The second-order valence-corrected chi connectivity index (χ2v) is 3.48. The van der Waals surface area contributed by atoms with Gasteiger partial charge in [-0.05, 0) is 19.3 Å². The van der Waals surface area contributed by atoms with E-state index in [-0.39, 0.29) is 17.5 Å². The van der Waals surface area contributed by atoms with Gasteiger partial charge in [0.05, 0.1) is 11.3 Å². The largest absolute Gasteiger partial charge is 0.298 e. The molecule has 68 valence electrons. The van der Waals surface area contributed by atoms with Crippen LogP contribution in [0.15, 0.2) is 0 Å². The van der Waals surface area contributed by atoms with Gasteiger partial charge in [-0.3, -0.25) is 9.59 Å². The summed E-state index contributed by atoms with van der Waals surface area (Å²) in [6.45, 7) is 5.74. The first-order chi connectivity index (χ1) is 5.64. The Kier molecular flexibility index (Phi) is 2.36. The molecule has 0 bridgehead atoms. The summed E-state index contributed by atoms with van der Waals surface area (Å²) in [4.78, 5) is 23.1. The van der Waals surface area contributed by atoms with Crippen LogP contribution < -0.4 is 0 Å². The summed E-state index contributed by atoms with van der Waals surface area (Å²) in [5.74, 6) is 0.0879. The highest BCUT2D eigenvalue weighted by Crippen LogP contribution is 2.44. The maximum Gasteiger partial charge on any atom is 0.156 e. The Balaban J connectivity index is 2.84. The van der Waals surface area contributed by atoms with Gasteiger partial charge in [-0.1, -0.05) is 20.8 Å². The fourth-order valence-corrected chi connectivity index (χ4v) is 2.15. The number of carbonyl (C=O) groups is 2. The van der Waals surface area contributed by atoms with Gasteiger partial charge in [0, 0.05) is 0 Å². The van der Waals surface area contributed by atoms with Crippen LogP contribution in [0.4, 0.5) is 0 Å². The van der Waals surface area contributed by atoms with Crippen molar-refractivity contribution in [2.45, 2.75) is 40.0 Å². The third kappa shape index (κ3) is 0.869. The molecule has 0 aromatic carbocycles. The van der Waals surface area contributed by atoms with Crippen LogP contribution in [0.3, 0.4) is 0 Å². The molecule has 12 heavy (non-hydrogen) atoms. The molecular weight excluding hydrogens is 152 g/mol. The molecule has 0 aliphatic heterocycles. The molecular formula is C10H16O2. The molecule has 2 nitrogen and oxygen atoms in total. The first kappa shape index (κ1) is 9.43. The molecule has 0 amide bonds. The van der Waals surface area contributed by atoms with E-state index in [0.29, 0.717) is 19.3 Å². The molecule has 1 rings (SSSR count). The Morgan fingerprint density at radius 2 is 1.50 bits per heavy atom. The van der Waals surface area contributed by atoms with Gasteiger partial charge in [0.2, 0.25) is 0 Å². The van der Waals surface area contributed by atoms with Crippen molar-refractivity contribution in [1.29, 1.82) is 0 Å². The first-order valence-corrected chi connectivity index (χ1v) is 4.72. The Labute approximate surface area is 73.3 Å². The lowest BCUT2D eigenvalue weighted by Gasteiger charge is -2.42. The minimum Gasteiger partial charge on any atom is -0.298 e. The van der Waals surface area contributed by atoms with Gasteiger partial charge in [0.1, 0.15) is 0 Å². The summed E-state index contributed by atoms with van der Waals surface area (Å²) < 4.78 is 0. The van der Waals surface area contributed by atoms with Crippen molar-refractivity contribution in [1.82, 2.24) is 0 Å². The van der Waals surface area contributed by atoms with Crippen molar-refractivity contribution in [3.8, 4) is 0 Å². The average Bonchev–Trinajstić information content (AvgIpc) is 2.08. The zero-order chi connectivity index (χ0) is 9.35. The number of Topliss-reactive ketones (excluding diaryl/α,β-unsaturated/α-hetero) is 2. The minimum atomic E-state index is -0.583. The topological polar surface area (TPSA) is 34.1 Å². The summed E-state index contributed by atoms with van der Waals surface area (Å²) in [6, 6.07) is 0. The van der Waals surface area contributed by atoms with Gasteiger partial charge in [0.15, 0.2) is 11.6 Å². The van der Waals surface area contributed by atoms with Gasteiger partial charge < -0.3 is 0 Å². The smallest absolute Gasteiger partial charge is 0.156 e. The average molecular weight is 168 g/mol. The van der Waals surface area contributed by atoms with Gasteiger partial charge in [-0.15, -0.1) is 0 Å². The zero-order valence-corrected chi connectivity index (χ0v) is 8.02. The first-order valence-electron chi connectivity index (χ1n) is 4.72. The Morgan fingerprint density at radius 1 is 1.08 bits per heavy atom. The lowest BCUT2D eigenvalue weighted by molar-refractivity contribution is -0.161. The van der Waals surface area contributed by atoms with Crippen molar-refractivity contribution < 1.29 is 9.59 Å². The van der Waals surface area contributed by atoms with Crippen molar-refractivity contribution in [3.05, 3.63) is 0 Å². The highest BCUT2D eigenvalue weighted by Gasteiger charge is 2.58. The molecule has 0 heterocycles. The molecule has 0 saturated heterocycles. The predicted octanol–water partition coefficient (Wildman–Crippen LogP) is 1.97. The van der Waals surface area contributed by atoms with Gasteiger partial charge in [-0.25, -0.2) is 0 Å². The number of rotatable bonds is 3. The Hall–Kier alpha value is -0.660. The molecule has 0 unspecified atom stereocenters.